The molecule has 0 aromatic carbocycles. The van der Waals surface area contributed by atoms with Crippen molar-refractivity contribution in [3.63, 3.8) is 0 Å². The van der Waals surface area contributed by atoms with Crippen LogP contribution in [0.5, 0.6) is 0 Å². The van der Waals surface area contributed by atoms with Gasteiger partial charge < -0.3 is 30.4 Å². The minimum absolute atomic E-state index is 0. The predicted octanol–water partition coefficient (Wildman–Crippen LogP) is -10.1. The second kappa shape index (κ2) is 19.4. The molecule has 0 spiro atoms. The molecule has 2 N–H and O–H groups in total. The molecule has 0 aromatic rings. The number of carboxylic acids is 2. The van der Waals surface area contributed by atoms with E-state index in [0.29, 0.717) is 0 Å². The van der Waals surface area contributed by atoms with Gasteiger partial charge in [-0.05, 0) is 14.1 Å². The number of hydrogen-bond acceptors (Lipinski definition) is 6. The van der Waals surface area contributed by atoms with Gasteiger partial charge in [-0.15, -0.1) is 0 Å². The Morgan fingerprint density at radius 1 is 0.929 bits per heavy atom. The topological polar surface area (TPSA) is 104 Å². The van der Waals surface area contributed by atoms with E-state index in [0.717, 1.165) is 0 Å². The van der Waals surface area contributed by atoms with Crippen LogP contribution in [0.1, 0.15) is 0 Å². The summed E-state index contributed by atoms with van der Waals surface area (Å²) in [5.41, 5.74) is 0. The van der Waals surface area contributed by atoms with Crippen LogP contribution in [-0.4, -0.2) is 39.1 Å². The fourth-order valence-corrected chi connectivity index (χ4v) is 0.289. The van der Waals surface area contributed by atoms with Gasteiger partial charge in [0, 0.05) is 13.1 Å². The van der Waals surface area contributed by atoms with Gasteiger partial charge in [0.15, 0.2) is 0 Å². The molecule has 0 unspecified atom stereocenters. The summed E-state index contributed by atoms with van der Waals surface area (Å²) in [4.78, 5) is 18.9. The molecule has 6 nitrogen and oxygen atoms in total. The largest absolute Gasteiger partial charge is 1.00 e. The number of carboxylic acid groups (broad SMARTS) is 2. The van der Waals surface area contributed by atoms with E-state index in [9.17, 15) is 19.8 Å². The Labute approximate surface area is 127 Å². The van der Waals surface area contributed by atoms with Crippen molar-refractivity contribution in [2.24, 2.45) is 0 Å². The van der Waals surface area contributed by atoms with Crippen molar-refractivity contribution in [1.29, 1.82) is 0 Å². The minimum Gasteiger partial charge on any atom is -0.549 e. The van der Waals surface area contributed by atoms with Gasteiger partial charge in [0.05, 0.1) is 11.9 Å². The van der Waals surface area contributed by atoms with Crippen LogP contribution in [0.2, 0.25) is 0 Å². The molecule has 0 heterocycles. The maximum absolute atomic E-state index is 9.43. The summed E-state index contributed by atoms with van der Waals surface area (Å²) >= 11 is 0. The smallest absolute Gasteiger partial charge is 0.549 e. The zero-order valence-corrected chi connectivity index (χ0v) is 13.0. The standard InChI is InChI=1S/2C3H7NO2.2Na/c2*1-4-2-3(5)6;;/h2*4H,2H2,1H3,(H,5,6);;/q;;2*+1/p-2. The molecule has 0 atom stereocenters. The molecule has 0 bridgehead atoms. The van der Waals surface area contributed by atoms with E-state index in [1.54, 1.807) is 14.1 Å². The molecule has 0 aliphatic carbocycles. The van der Waals surface area contributed by atoms with Gasteiger partial charge >= 0.3 is 59.1 Å². The van der Waals surface area contributed by atoms with E-state index >= 15 is 0 Å². The van der Waals surface area contributed by atoms with E-state index in [-0.39, 0.29) is 72.2 Å². The van der Waals surface area contributed by atoms with Crippen LogP contribution in [0.4, 0.5) is 0 Å². The Balaban J connectivity index is -0.0000000625. The Hall–Kier alpha value is 0.860. The van der Waals surface area contributed by atoms with Crippen molar-refractivity contribution in [1.82, 2.24) is 10.6 Å². The number of aliphatic carboxylic acids is 2. The van der Waals surface area contributed by atoms with Crippen LogP contribution in [0.15, 0.2) is 0 Å². The molecule has 0 saturated heterocycles. The molecular weight excluding hydrogens is 210 g/mol. The summed E-state index contributed by atoms with van der Waals surface area (Å²) in [5.74, 6) is -2.14. The second-order valence-electron chi connectivity index (χ2n) is 1.80. The zero-order chi connectivity index (χ0) is 9.98. The van der Waals surface area contributed by atoms with E-state index in [2.05, 4.69) is 10.6 Å². The van der Waals surface area contributed by atoms with Crippen molar-refractivity contribution in [3.05, 3.63) is 0 Å². The summed E-state index contributed by atoms with van der Waals surface area (Å²) in [5, 5.41) is 23.7. The molecule has 0 aliphatic heterocycles. The van der Waals surface area contributed by atoms with Crippen LogP contribution < -0.4 is 80.0 Å². The first-order valence-electron chi connectivity index (χ1n) is 3.23. The third kappa shape index (κ3) is 38.4. The third-order valence-electron chi connectivity index (χ3n) is 0.642. The average molecular weight is 222 g/mol. The number of carbonyl (C=O) groups is 2. The molecule has 0 amide bonds. The van der Waals surface area contributed by atoms with Gasteiger partial charge in [-0.2, -0.15) is 0 Å². The van der Waals surface area contributed by atoms with E-state index < -0.39 is 11.9 Å². The molecule has 0 fully saturated rings. The van der Waals surface area contributed by atoms with Crippen molar-refractivity contribution in [2.75, 3.05) is 27.2 Å². The van der Waals surface area contributed by atoms with Crippen LogP contribution in [0.3, 0.4) is 0 Å². The average Bonchev–Trinajstić information content (AvgIpc) is 1.87. The van der Waals surface area contributed by atoms with Gasteiger partial charge in [-0.1, -0.05) is 0 Å². The number of rotatable bonds is 4. The van der Waals surface area contributed by atoms with Crippen LogP contribution in [-0.2, 0) is 9.59 Å². The van der Waals surface area contributed by atoms with Crippen LogP contribution in [0, 0.1) is 0 Å². The molecule has 14 heavy (non-hydrogen) atoms. The maximum Gasteiger partial charge on any atom is 1.00 e. The van der Waals surface area contributed by atoms with Gasteiger partial charge in [0.2, 0.25) is 0 Å². The number of hydrogen-bond donors (Lipinski definition) is 2. The van der Waals surface area contributed by atoms with Crippen molar-refractivity contribution in [2.45, 2.75) is 0 Å². The van der Waals surface area contributed by atoms with Crippen LogP contribution >= 0.6 is 0 Å². The molecule has 72 valence electrons. The first-order valence-corrected chi connectivity index (χ1v) is 3.23. The first-order chi connectivity index (χ1) is 5.54. The monoisotopic (exact) mass is 222 g/mol. The number of carbonyl (C=O) groups excluding carboxylic acids is 2. The van der Waals surface area contributed by atoms with Gasteiger partial charge in [-0.25, -0.2) is 0 Å². The van der Waals surface area contributed by atoms with E-state index in [1.165, 1.54) is 0 Å². The third-order valence-corrected chi connectivity index (χ3v) is 0.642. The van der Waals surface area contributed by atoms with Crippen molar-refractivity contribution < 1.29 is 78.9 Å². The summed E-state index contributed by atoms with van der Waals surface area (Å²) < 4.78 is 0. The maximum atomic E-state index is 9.43. The number of likely N-dealkylation sites (N-methyl/N-ethyl adjacent to an activating group) is 2. The molecule has 0 saturated carbocycles. The molecule has 8 heteroatoms. The fraction of sp³-hybridized carbons (Fsp3) is 0.667. The van der Waals surface area contributed by atoms with Crippen molar-refractivity contribution >= 4 is 11.9 Å². The zero-order valence-electron chi connectivity index (χ0n) is 9.05. The molecule has 0 aromatic heterocycles. The van der Waals surface area contributed by atoms with E-state index in [1.807, 2.05) is 0 Å². The second-order valence-corrected chi connectivity index (χ2v) is 1.80. The predicted molar refractivity (Wildman–Crippen MR) is 37.9 cm³/mol. The Morgan fingerprint density at radius 3 is 1.14 bits per heavy atom. The van der Waals surface area contributed by atoms with Crippen molar-refractivity contribution in [3.8, 4) is 0 Å². The quantitative estimate of drug-likeness (QED) is 0.458. The summed E-state index contributed by atoms with van der Waals surface area (Å²) in [6, 6.07) is 0. The SMILES string of the molecule is CNCC(=O)[O-].CNCC(=O)[O-].[Na+].[Na+]. The Bertz CT molecular complexity index is 130. The normalized spacial score (nSPS) is 7.00. The number of nitrogens with one attached hydrogen (secondary N) is 2. The minimum atomic E-state index is -1.07. The van der Waals surface area contributed by atoms with Gasteiger partial charge in [0.1, 0.15) is 0 Å². The summed E-state index contributed by atoms with van der Waals surface area (Å²) in [7, 11) is 3.10. The fourth-order valence-electron chi connectivity index (χ4n) is 0.289. The Kier molecular flexibility index (Phi) is 33.6. The van der Waals surface area contributed by atoms with Crippen LogP contribution in [0.25, 0.3) is 0 Å². The molecule has 0 aliphatic rings. The summed E-state index contributed by atoms with van der Waals surface area (Å²) in [6.45, 7) is -0.139. The molecule has 0 radical (unpaired) electrons. The van der Waals surface area contributed by atoms with Gasteiger partial charge in [-0.3, -0.25) is 0 Å². The van der Waals surface area contributed by atoms with Gasteiger partial charge in [0.25, 0.3) is 0 Å². The molecule has 0 rings (SSSR count). The molecular formula is C6H12N2Na2O4. The Morgan fingerprint density at radius 2 is 1.14 bits per heavy atom. The van der Waals surface area contributed by atoms with E-state index in [4.69, 9.17) is 0 Å². The summed E-state index contributed by atoms with van der Waals surface area (Å²) in [6.07, 6.45) is 0. The first kappa shape index (κ1) is 24.2.